The average molecular weight is 227 g/mol. The topological polar surface area (TPSA) is 35.2 Å². The van der Waals surface area contributed by atoms with Crippen molar-refractivity contribution in [3.8, 4) is 0 Å². The van der Waals surface area contributed by atoms with Crippen LogP contribution in [0.15, 0.2) is 12.1 Å². The third kappa shape index (κ3) is 3.93. The molecule has 0 fully saturated rings. The summed E-state index contributed by atoms with van der Waals surface area (Å²) in [6, 6.07) is 4.41. The predicted molar refractivity (Wildman–Crippen MR) is 66.3 cm³/mol. The van der Waals surface area contributed by atoms with Crippen LogP contribution >= 0.6 is 11.3 Å². The molecule has 0 bridgehead atoms. The molecule has 3 heteroatoms. The lowest BCUT2D eigenvalue weighted by molar-refractivity contribution is 0.0125. The minimum absolute atomic E-state index is 0.0656. The van der Waals surface area contributed by atoms with Gasteiger partial charge in [0.15, 0.2) is 0 Å². The number of hydrogen-bond donors (Lipinski definition) is 1. The SMILES string of the molecule is COC(C)(C)CCC(N)c1ccc(C)s1. The number of methoxy groups -OCH3 is 1. The molecule has 0 saturated heterocycles. The van der Waals surface area contributed by atoms with Crippen LogP contribution in [0.4, 0.5) is 0 Å². The van der Waals surface area contributed by atoms with Gasteiger partial charge in [0.2, 0.25) is 0 Å². The summed E-state index contributed by atoms with van der Waals surface area (Å²) in [6.45, 7) is 6.30. The van der Waals surface area contributed by atoms with Crippen LogP contribution in [0.2, 0.25) is 0 Å². The molecule has 2 N–H and O–H groups in total. The molecule has 86 valence electrons. The average Bonchev–Trinajstić information content (AvgIpc) is 2.61. The summed E-state index contributed by atoms with van der Waals surface area (Å²) in [4.78, 5) is 2.60. The summed E-state index contributed by atoms with van der Waals surface area (Å²) in [5.41, 5.74) is 6.06. The van der Waals surface area contributed by atoms with E-state index in [9.17, 15) is 0 Å². The first kappa shape index (κ1) is 12.7. The van der Waals surface area contributed by atoms with Crippen molar-refractivity contribution in [3.05, 3.63) is 21.9 Å². The summed E-state index contributed by atoms with van der Waals surface area (Å²) in [6.07, 6.45) is 1.96. The summed E-state index contributed by atoms with van der Waals surface area (Å²) >= 11 is 1.79. The molecule has 0 aromatic carbocycles. The van der Waals surface area contributed by atoms with Crippen molar-refractivity contribution in [1.29, 1.82) is 0 Å². The lowest BCUT2D eigenvalue weighted by atomic mass is 9.98. The molecule has 0 aliphatic heterocycles. The number of aryl methyl sites for hydroxylation is 1. The monoisotopic (exact) mass is 227 g/mol. The van der Waals surface area contributed by atoms with E-state index in [4.69, 9.17) is 10.5 Å². The minimum atomic E-state index is -0.0656. The second-order valence-electron chi connectivity index (χ2n) is 4.56. The van der Waals surface area contributed by atoms with Crippen molar-refractivity contribution in [3.63, 3.8) is 0 Å². The fourth-order valence-corrected chi connectivity index (χ4v) is 2.31. The molecule has 0 spiro atoms. The quantitative estimate of drug-likeness (QED) is 0.838. The van der Waals surface area contributed by atoms with Gasteiger partial charge in [-0.3, -0.25) is 0 Å². The molecule has 0 aliphatic carbocycles. The first-order valence-electron chi connectivity index (χ1n) is 5.32. The molecule has 1 atom stereocenters. The van der Waals surface area contributed by atoms with Gasteiger partial charge in [-0.15, -0.1) is 11.3 Å². The van der Waals surface area contributed by atoms with Gasteiger partial charge >= 0.3 is 0 Å². The molecule has 1 heterocycles. The maximum atomic E-state index is 6.13. The van der Waals surface area contributed by atoms with E-state index in [1.165, 1.54) is 9.75 Å². The Hall–Kier alpha value is -0.380. The van der Waals surface area contributed by atoms with Gasteiger partial charge in [-0.2, -0.15) is 0 Å². The maximum Gasteiger partial charge on any atom is 0.0623 e. The van der Waals surface area contributed by atoms with Gasteiger partial charge < -0.3 is 10.5 Å². The zero-order valence-corrected chi connectivity index (χ0v) is 10.9. The van der Waals surface area contributed by atoms with Crippen molar-refractivity contribution in [2.75, 3.05) is 7.11 Å². The molecule has 2 nitrogen and oxygen atoms in total. The van der Waals surface area contributed by atoms with Crippen LogP contribution < -0.4 is 5.73 Å². The first-order chi connectivity index (χ1) is 6.94. The van der Waals surface area contributed by atoms with Crippen molar-refractivity contribution < 1.29 is 4.74 Å². The van der Waals surface area contributed by atoms with Crippen molar-refractivity contribution in [2.45, 2.75) is 45.3 Å². The van der Waals surface area contributed by atoms with E-state index in [0.717, 1.165) is 12.8 Å². The molecule has 15 heavy (non-hydrogen) atoms. The van der Waals surface area contributed by atoms with Crippen LogP contribution in [0.25, 0.3) is 0 Å². The summed E-state index contributed by atoms with van der Waals surface area (Å²) in [5, 5.41) is 0. The molecular weight excluding hydrogens is 206 g/mol. The molecule has 1 rings (SSSR count). The Labute approximate surface area is 96.4 Å². The fraction of sp³-hybridized carbons (Fsp3) is 0.667. The summed E-state index contributed by atoms with van der Waals surface area (Å²) in [5.74, 6) is 0. The fourth-order valence-electron chi connectivity index (χ4n) is 1.40. The van der Waals surface area contributed by atoms with Crippen LogP contribution in [0.1, 0.15) is 42.5 Å². The van der Waals surface area contributed by atoms with Crippen LogP contribution in [0, 0.1) is 6.92 Å². The summed E-state index contributed by atoms with van der Waals surface area (Å²) in [7, 11) is 1.75. The lowest BCUT2D eigenvalue weighted by Gasteiger charge is -2.24. The molecule has 0 saturated carbocycles. The van der Waals surface area contributed by atoms with Gasteiger partial charge in [-0.25, -0.2) is 0 Å². The highest BCUT2D eigenvalue weighted by atomic mass is 32.1. The summed E-state index contributed by atoms with van der Waals surface area (Å²) < 4.78 is 5.38. The van der Waals surface area contributed by atoms with Crippen molar-refractivity contribution in [2.24, 2.45) is 5.73 Å². The normalized spacial score (nSPS) is 14.2. The van der Waals surface area contributed by atoms with E-state index in [-0.39, 0.29) is 11.6 Å². The zero-order valence-electron chi connectivity index (χ0n) is 10.0. The van der Waals surface area contributed by atoms with Crippen LogP contribution in [0.3, 0.4) is 0 Å². The van der Waals surface area contributed by atoms with Crippen LogP contribution in [-0.4, -0.2) is 12.7 Å². The Morgan fingerprint density at radius 3 is 2.60 bits per heavy atom. The van der Waals surface area contributed by atoms with Gasteiger partial charge in [0.1, 0.15) is 0 Å². The third-order valence-corrected chi connectivity index (χ3v) is 3.87. The van der Waals surface area contributed by atoms with E-state index >= 15 is 0 Å². The largest absolute Gasteiger partial charge is 0.379 e. The minimum Gasteiger partial charge on any atom is -0.379 e. The number of thiophene rings is 1. The van der Waals surface area contributed by atoms with Gasteiger partial charge in [-0.05, 0) is 45.7 Å². The van der Waals surface area contributed by atoms with Crippen LogP contribution in [-0.2, 0) is 4.74 Å². The predicted octanol–water partition coefficient (Wildman–Crippen LogP) is 3.26. The highest BCUT2D eigenvalue weighted by Gasteiger charge is 2.18. The Kier molecular flexibility index (Phi) is 4.32. The molecule has 0 amide bonds. The Morgan fingerprint density at radius 2 is 2.13 bits per heavy atom. The van der Waals surface area contributed by atoms with Gasteiger partial charge in [0.25, 0.3) is 0 Å². The number of nitrogens with two attached hydrogens (primary N) is 1. The standard InChI is InChI=1S/C12H21NOS/c1-9-5-6-11(15-9)10(13)7-8-12(2,3)14-4/h5-6,10H,7-8,13H2,1-4H3. The molecular formula is C12H21NOS. The molecule has 1 aromatic heterocycles. The lowest BCUT2D eigenvalue weighted by Crippen LogP contribution is -2.24. The highest BCUT2D eigenvalue weighted by Crippen LogP contribution is 2.27. The molecule has 0 radical (unpaired) electrons. The zero-order chi connectivity index (χ0) is 11.5. The van der Waals surface area contributed by atoms with E-state index < -0.39 is 0 Å². The second-order valence-corrected chi connectivity index (χ2v) is 5.88. The van der Waals surface area contributed by atoms with Gasteiger partial charge in [0, 0.05) is 22.9 Å². The molecule has 0 aliphatic rings. The first-order valence-corrected chi connectivity index (χ1v) is 6.13. The van der Waals surface area contributed by atoms with E-state index in [1.807, 2.05) is 0 Å². The molecule has 1 aromatic rings. The Balaban J connectivity index is 2.46. The van der Waals surface area contributed by atoms with Gasteiger partial charge in [-0.1, -0.05) is 0 Å². The van der Waals surface area contributed by atoms with Crippen molar-refractivity contribution in [1.82, 2.24) is 0 Å². The van der Waals surface area contributed by atoms with E-state index in [2.05, 4.69) is 32.9 Å². The van der Waals surface area contributed by atoms with E-state index in [1.54, 1.807) is 18.4 Å². The Bertz CT molecular complexity index is 306. The third-order valence-electron chi connectivity index (χ3n) is 2.74. The molecule has 1 unspecified atom stereocenters. The number of rotatable bonds is 5. The smallest absolute Gasteiger partial charge is 0.0623 e. The number of ether oxygens (including phenoxy) is 1. The van der Waals surface area contributed by atoms with E-state index in [0.29, 0.717) is 0 Å². The highest BCUT2D eigenvalue weighted by molar-refractivity contribution is 7.12. The van der Waals surface area contributed by atoms with Crippen LogP contribution in [0.5, 0.6) is 0 Å². The second kappa shape index (κ2) is 5.10. The van der Waals surface area contributed by atoms with Crippen molar-refractivity contribution >= 4 is 11.3 Å². The van der Waals surface area contributed by atoms with Gasteiger partial charge in [0.05, 0.1) is 5.60 Å². The maximum absolute atomic E-state index is 6.13. The Morgan fingerprint density at radius 1 is 1.47 bits per heavy atom. The number of hydrogen-bond acceptors (Lipinski definition) is 3.